The highest BCUT2D eigenvalue weighted by atomic mass is 79.9. The third kappa shape index (κ3) is 21.8. The molecule has 5 aliphatic heterocycles. The van der Waals surface area contributed by atoms with E-state index in [1.165, 1.54) is 78.1 Å². The summed E-state index contributed by atoms with van der Waals surface area (Å²) in [5.74, 6) is 1.36. The Morgan fingerprint density at radius 1 is 0.439 bits per heavy atom. The third-order valence-corrected chi connectivity index (χ3v) is 27.8. The van der Waals surface area contributed by atoms with Gasteiger partial charge in [0.2, 0.25) is 11.8 Å². The second-order valence-electron chi connectivity index (χ2n) is 36.1. The Bertz CT molecular complexity index is 7240. The fraction of sp³-hybridized carbons (Fsp3) is 0.239. The van der Waals surface area contributed by atoms with Crippen molar-refractivity contribution < 1.29 is 47.3 Å². The van der Waals surface area contributed by atoms with Crippen molar-refractivity contribution in [2.45, 2.75) is 115 Å². The number of hydrogen-bond donors (Lipinski definition) is 8. The van der Waals surface area contributed by atoms with Gasteiger partial charge in [-0.05, 0) is 254 Å². The number of fused-ring (bicyclic) bond motifs is 15. The minimum atomic E-state index is -0.793. The number of carbonyl (C=O) groups is 4. The first-order valence-corrected chi connectivity index (χ1v) is 49.5. The number of aromatic amines is 5. The summed E-state index contributed by atoms with van der Waals surface area (Å²) in [4.78, 5) is 75.5. The first-order valence-electron chi connectivity index (χ1n) is 46.8. The van der Waals surface area contributed by atoms with E-state index in [2.05, 4.69) is 176 Å². The van der Waals surface area contributed by atoms with E-state index in [9.17, 15) is 23.6 Å². The lowest BCUT2D eigenvalue weighted by molar-refractivity contribution is -0.137. The fourth-order valence-corrected chi connectivity index (χ4v) is 21.0. The van der Waals surface area contributed by atoms with Gasteiger partial charge in [0.25, 0.3) is 0 Å². The maximum atomic E-state index is 14.3. The van der Waals surface area contributed by atoms with Gasteiger partial charge in [-0.15, -0.1) is 0 Å². The maximum Gasteiger partial charge on any atom is 0.410 e. The molecule has 26 heteroatoms. The van der Waals surface area contributed by atoms with E-state index in [1.54, 1.807) is 71.1 Å². The molecule has 17 aromatic rings. The number of methoxy groups -OCH3 is 2. The van der Waals surface area contributed by atoms with Gasteiger partial charge < -0.3 is 74.4 Å². The summed E-state index contributed by atoms with van der Waals surface area (Å²) >= 11 is 25.7. The third-order valence-electron chi connectivity index (χ3n) is 26.1. The van der Waals surface area contributed by atoms with Gasteiger partial charge in [-0.3, -0.25) is 14.5 Å². The summed E-state index contributed by atoms with van der Waals surface area (Å²) in [5.41, 5.74) is 24.1. The molecule has 0 saturated heterocycles. The van der Waals surface area contributed by atoms with E-state index in [0.29, 0.717) is 62.2 Å². The van der Waals surface area contributed by atoms with E-state index >= 15 is 0 Å². The predicted molar refractivity (Wildman–Crippen MR) is 557 cm³/mol. The molecule has 0 aliphatic carbocycles. The normalized spacial score (nSPS) is 16.5. The number of nitrogens with zero attached hydrogens (tertiary/aromatic N) is 3. The number of rotatable bonds is 16. The molecule has 0 radical (unpaired) electrons. The Morgan fingerprint density at radius 3 is 1.32 bits per heavy atom. The van der Waals surface area contributed by atoms with Gasteiger partial charge in [0.1, 0.15) is 48.2 Å². The number of carbonyl (C=O) groups excluding carboxylic acids is 4. The molecule has 4 amide bonds. The van der Waals surface area contributed by atoms with Crippen molar-refractivity contribution in [3.05, 3.63) is 410 Å². The van der Waals surface area contributed by atoms with Gasteiger partial charge in [0.05, 0.1) is 37.9 Å². The van der Waals surface area contributed by atoms with Crippen LogP contribution in [0.1, 0.15) is 153 Å². The smallest absolute Gasteiger partial charge is 0.410 e. The molecule has 0 fully saturated rings. The summed E-state index contributed by atoms with van der Waals surface area (Å²) in [5, 5.41) is 17.9. The van der Waals surface area contributed by atoms with Crippen LogP contribution in [-0.2, 0) is 68.9 Å². The van der Waals surface area contributed by atoms with Crippen molar-refractivity contribution in [2.75, 3.05) is 60.2 Å². The molecule has 22 rings (SSSR count). The van der Waals surface area contributed by atoms with Gasteiger partial charge in [-0.2, -0.15) is 0 Å². The van der Waals surface area contributed by atoms with Crippen LogP contribution >= 0.6 is 66.7 Å². The summed E-state index contributed by atoms with van der Waals surface area (Å²) in [6, 6.07) is 92.3. The van der Waals surface area contributed by atoms with Crippen LogP contribution in [0.5, 0.6) is 11.5 Å². The number of H-pyrrole nitrogens is 5. The molecular formula is C113H107Br2Cl3FN11O9. The van der Waals surface area contributed by atoms with Crippen molar-refractivity contribution in [2.24, 2.45) is 0 Å². The highest BCUT2D eigenvalue weighted by Gasteiger charge is 2.41. The minimum Gasteiger partial charge on any atom is -0.497 e. The molecular weight excluding hydrogens is 1940 g/mol. The molecule has 0 saturated carbocycles. The Kier molecular flexibility index (Phi) is 29.9. The van der Waals surface area contributed by atoms with Crippen molar-refractivity contribution in [3.63, 3.8) is 0 Å². The molecule has 5 unspecified atom stereocenters. The zero-order chi connectivity index (χ0) is 96.5. The average molecular weight is 2050 g/mol. The zero-order valence-corrected chi connectivity index (χ0v) is 83.2. The van der Waals surface area contributed by atoms with Crippen LogP contribution in [0.25, 0.3) is 54.5 Å². The molecule has 12 aromatic carbocycles. The summed E-state index contributed by atoms with van der Waals surface area (Å²) in [7, 11) is 3.25. The SMILES string of the molecule is Brc1ccc2[nH]c3c(c2c1)CCNC3c1ccc(OCc2ccccc2)cc1.CC(C)(C)OC(=O)N[C@@H](Cc1ccccc1)C(=O)N1CCc2c([nH]c3ccc(Cl)cc23)C1c1ccccc1.CCOC(=O)N1CCc2c([nH]c3ccc(F)cc23)C1c1ccc(Cl)cc1.COCC(=O)N1CCc2c([nH]c3ccc(Br)cc23)C1c1ccccc1.COc1ccc(C2NCCc3c2[nH]c2ccc(Cl)cc32)cc1. The van der Waals surface area contributed by atoms with E-state index < -0.39 is 17.7 Å². The first-order chi connectivity index (χ1) is 67.5. The Morgan fingerprint density at radius 2 is 0.835 bits per heavy atom. The van der Waals surface area contributed by atoms with Crippen molar-refractivity contribution in [1.82, 2.24) is 55.6 Å². The molecule has 8 N–H and O–H groups in total. The highest BCUT2D eigenvalue weighted by molar-refractivity contribution is 9.10. The number of ether oxygens (including phenoxy) is 5. The first kappa shape index (κ1) is 96.3. The number of hydrogen-bond acceptors (Lipinski definition) is 11. The lowest BCUT2D eigenvalue weighted by Gasteiger charge is -2.38. The second-order valence-corrected chi connectivity index (χ2v) is 39.2. The fourth-order valence-electron chi connectivity index (χ4n) is 19.8. The standard InChI is InChI=1S/C31H32ClN3O3.C24H21BrN2O.C20H19BrN2O2.C20H18ClFN2O2.C18H17ClN2O/c1-31(2,3)38-30(37)34-26(18-20-10-6-4-7-11-20)29(36)35-17-16-23-24-19-22(32)14-15-25(24)33-27(23)28(35)21-12-8-5-9-13-21;25-18-8-11-22-21(14-18)20-12-13-26-23(24(20)27-22)17-6-9-19(10-7-17)28-15-16-4-2-1-3-5-16;1-25-12-18(24)23-10-9-15-16-11-14(21)7-8-17(16)22-19(15)20(23)13-5-3-2-4-6-13;1-2-26-20(25)24-10-9-15-16-11-14(22)7-8-17(16)23-18(15)19(24)12-3-5-13(21)6-4-12;1-22-13-5-2-11(3-6-13)17-18-14(8-9-20-17)15-10-12(19)4-7-16(15)21-18/h4-15,19,26,28,33H,16-18H2,1-3H3,(H,34,37);1-11,14,23,26-27H,12-13,15H2;2-8,11,20,22H,9-10,12H2,1H3;3-8,11,19,23H,2,9-10H2,1H3;2-7,10,17,20-21H,8-9H2,1H3/t26-,28?;;;;/m0..../s1. The zero-order valence-electron chi connectivity index (χ0n) is 77.8. The van der Waals surface area contributed by atoms with Crippen molar-refractivity contribution >= 4 is 145 Å². The topological polar surface area (TPSA) is 239 Å². The van der Waals surface area contributed by atoms with Crippen LogP contribution in [0, 0.1) is 5.82 Å². The lowest BCUT2D eigenvalue weighted by atomic mass is 9.91. The highest BCUT2D eigenvalue weighted by Crippen LogP contribution is 2.45. The summed E-state index contributed by atoms with van der Waals surface area (Å²) < 4.78 is 43.0. The van der Waals surface area contributed by atoms with Crippen LogP contribution in [-0.4, -0.2) is 135 Å². The molecule has 10 heterocycles. The molecule has 0 bridgehead atoms. The van der Waals surface area contributed by atoms with Crippen molar-refractivity contribution in [3.8, 4) is 11.5 Å². The molecule has 5 aliphatic rings. The number of alkyl carbamates (subject to hydrolysis) is 1. The quantitative estimate of drug-likeness (QED) is 0.0453. The van der Waals surface area contributed by atoms with Gasteiger partial charge >= 0.3 is 12.2 Å². The number of benzene rings is 12. The van der Waals surface area contributed by atoms with Gasteiger partial charge in [0, 0.05) is 153 Å². The number of amides is 4. The summed E-state index contributed by atoms with van der Waals surface area (Å²) in [6.45, 7) is 11.8. The molecule has 6 atom stereocenters. The second kappa shape index (κ2) is 43.2. The minimum absolute atomic E-state index is 0.0156. The van der Waals surface area contributed by atoms with Gasteiger partial charge in [-0.1, -0.05) is 224 Å². The lowest BCUT2D eigenvalue weighted by Crippen LogP contribution is -2.53. The Balaban J connectivity index is 0.000000117. The molecule has 5 aromatic heterocycles. The number of aromatic nitrogens is 5. The molecule has 139 heavy (non-hydrogen) atoms. The number of halogens is 6. The van der Waals surface area contributed by atoms with Crippen LogP contribution in [0.4, 0.5) is 14.0 Å². The Hall–Kier alpha value is -12.9. The maximum absolute atomic E-state index is 14.3. The van der Waals surface area contributed by atoms with Crippen LogP contribution in [0.15, 0.2) is 294 Å². The molecule has 0 spiro atoms. The molecule has 20 nitrogen and oxygen atoms in total. The summed E-state index contributed by atoms with van der Waals surface area (Å²) in [6.07, 6.45) is 3.60. The molecule has 710 valence electrons. The van der Waals surface area contributed by atoms with E-state index in [1.807, 2.05) is 161 Å². The van der Waals surface area contributed by atoms with Crippen LogP contribution < -0.4 is 25.4 Å². The van der Waals surface area contributed by atoms with Gasteiger partial charge in [-0.25, -0.2) is 14.0 Å². The van der Waals surface area contributed by atoms with Crippen LogP contribution in [0.2, 0.25) is 15.1 Å². The average Bonchev–Trinajstić information content (AvgIpc) is 1.62. The largest absolute Gasteiger partial charge is 0.497 e. The van der Waals surface area contributed by atoms with Crippen LogP contribution in [0.3, 0.4) is 0 Å². The van der Waals surface area contributed by atoms with E-state index in [-0.39, 0.29) is 60.5 Å². The van der Waals surface area contributed by atoms with E-state index in [4.69, 9.17) is 58.5 Å². The Labute approximate surface area is 838 Å². The monoisotopic (exact) mass is 2040 g/mol. The van der Waals surface area contributed by atoms with E-state index in [0.717, 1.165) is 136 Å². The predicted octanol–water partition coefficient (Wildman–Crippen LogP) is 25.4. The number of nitrogens with one attached hydrogen (secondary N) is 8. The van der Waals surface area contributed by atoms with Gasteiger partial charge in [0.15, 0.2) is 0 Å². The van der Waals surface area contributed by atoms with Crippen molar-refractivity contribution in [1.29, 1.82) is 0 Å².